The topological polar surface area (TPSA) is 47.6 Å². The number of hydrogen-bond acceptors (Lipinski definition) is 2. The monoisotopic (exact) mass is 156 g/mol. The van der Waals surface area contributed by atoms with Crippen LogP contribution in [0.4, 0.5) is 0 Å². The standard InChI is InChI=1S/C8H16N2O/c1-3-11-6(2)8(9)10-7-4-5-7/h6-7H,3-5H2,1-2H3,(H2,9,10). The van der Waals surface area contributed by atoms with Crippen LogP contribution in [-0.2, 0) is 4.74 Å². The highest BCUT2D eigenvalue weighted by atomic mass is 16.5. The Labute approximate surface area is 67.6 Å². The first kappa shape index (κ1) is 8.53. The fraction of sp³-hybridized carbons (Fsp3) is 0.875. The molecule has 1 saturated carbocycles. The normalized spacial score (nSPS) is 21.8. The van der Waals surface area contributed by atoms with E-state index in [4.69, 9.17) is 10.5 Å². The Morgan fingerprint density at radius 1 is 1.73 bits per heavy atom. The van der Waals surface area contributed by atoms with Gasteiger partial charge in [0.05, 0.1) is 6.04 Å². The largest absolute Gasteiger partial charge is 0.385 e. The number of hydrogen-bond donors (Lipinski definition) is 1. The van der Waals surface area contributed by atoms with Crippen molar-refractivity contribution in [3.63, 3.8) is 0 Å². The third-order valence-corrected chi connectivity index (χ3v) is 1.71. The molecule has 0 radical (unpaired) electrons. The molecule has 1 aliphatic rings. The molecule has 0 aromatic heterocycles. The number of nitrogens with two attached hydrogens (primary N) is 1. The van der Waals surface area contributed by atoms with Gasteiger partial charge in [-0.05, 0) is 26.7 Å². The molecule has 0 amide bonds. The van der Waals surface area contributed by atoms with E-state index < -0.39 is 0 Å². The second-order valence-electron chi connectivity index (χ2n) is 2.88. The van der Waals surface area contributed by atoms with Crippen molar-refractivity contribution in [1.29, 1.82) is 0 Å². The van der Waals surface area contributed by atoms with Gasteiger partial charge in [0.1, 0.15) is 11.9 Å². The Hall–Kier alpha value is -0.570. The van der Waals surface area contributed by atoms with E-state index in [1.807, 2.05) is 13.8 Å². The minimum atomic E-state index is -0.0133. The van der Waals surface area contributed by atoms with E-state index in [-0.39, 0.29) is 6.10 Å². The van der Waals surface area contributed by atoms with Crippen LogP contribution in [0, 0.1) is 0 Å². The smallest absolute Gasteiger partial charge is 0.123 e. The van der Waals surface area contributed by atoms with E-state index in [0.29, 0.717) is 18.5 Å². The number of rotatable bonds is 4. The summed E-state index contributed by atoms with van der Waals surface area (Å²) in [4.78, 5) is 4.28. The van der Waals surface area contributed by atoms with E-state index in [1.165, 1.54) is 12.8 Å². The lowest BCUT2D eigenvalue weighted by Crippen LogP contribution is -2.29. The number of amidine groups is 1. The zero-order valence-electron chi connectivity index (χ0n) is 7.21. The number of nitrogens with zero attached hydrogens (tertiary/aromatic N) is 1. The highest BCUT2D eigenvalue weighted by Gasteiger charge is 2.21. The van der Waals surface area contributed by atoms with Crippen LogP contribution < -0.4 is 5.73 Å². The van der Waals surface area contributed by atoms with Crippen LogP contribution in [0.25, 0.3) is 0 Å². The van der Waals surface area contributed by atoms with Gasteiger partial charge in [-0.2, -0.15) is 0 Å². The van der Waals surface area contributed by atoms with Gasteiger partial charge >= 0.3 is 0 Å². The van der Waals surface area contributed by atoms with Gasteiger partial charge in [-0.1, -0.05) is 0 Å². The van der Waals surface area contributed by atoms with Crippen molar-refractivity contribution in [2.24, 2.45) is 10.7 Å². The average Bonchev–Trinajstić information content (AvgIpc) is 2.72. The van der Waals surface area contributed by atoms with Gasteiger partial charge in [0.25, 0.3) is 0 Å². The summed E-state index contributed by atoms with van der Waals surface area (Å²) in [7, 11) is 0. The van der Waals surface area contributed by atoms with Gasteiger partial charge in [-0.3, -0.25) is 4.99 Å². The van der Waals surface area contributed by atoms with Crippen LogP contribution in [0.15, 0.2) is 4.99 Å². The van der Waals surface area contributed by atoms with Crippen LogP contribution in [0.1, 0.15) is 26.7 Å². The van der Waals surface area contributed by atoms with Gasteiger partial charge in [0.2, 0.25) is 0 Å². The molecule has 0 saturated heterocycles. The maximum atomic E-state index is 5.67. The fourth-order valence-electron chi connectivity index (χ4n) is 0.855. The lowest BCUT2D eigenvalue weighted by molar-refractivity contribution is 0.121. The molecular formula is C8H16N2O. The molecule has 0 aromatic rings. The van der Waals surface area contributed by atoms with Crippen molar-refractivity contribution in [1.82, 2.24) is 0 Å². The summed E-state index contributed by atoms with van der Waals surface area (Å²) in [5, 5.41) is 0. The number of aliphatic imine (C=N–C) groups is 1. The summed E-state index contributed by atoms with van der Waals surface area (Å²) in [6.45, 7) is 4.59. The Balaban J connectivity index is 2.31. The summed E-state index contributed by atoms with van der Waals surface area (Å²) in [5.74, 6) is 0.648. The minimum Gasteiger partial charge on any atom is -0.385 e. The highest BCUT2D eigenvalue weighted by molar-refractivity contribution is 5.84. The van der Waals surface area contributed by atoms with Crippen LogP contribution in [0.5, 0.6) is 0 Å². The van der Waals surface area contributed by atoms with Gasteiger partial charge in [0, 0.05) is 6.61 Å². The SMILES string of the molecule is CCOC(C)C(N)=NC1CC1. The Morgan fingerprint density at radius 3 is 2.82 bits per heavy atom. The molecule has 1 rings (SSSR count). The van der Waals surface area contributed by atoms with Crippen LogP contribution in [-0.4, -0.2) is 24.6 Å². The quantitative estimate of drug-likeness (QED) is 0.486. The lowest BCUT2D eigenvalue weighted by atomic mass is 10.4. The van der Waals surface area contributed by atoms with Crippen molar-refractivity contribution >= 4 is 5.84 Å². The molecule has 3 nitrogen and oxygen atoms in total. The van der Waals surface area contributed by atoms with Crippen LogP contribution in [0.2, 0.25) is 0 Å². The molecule has 1 aliphatic carbocycles. The summed E-state index contributed by atoms with van der Waals surface area (Å²) in [5.41, 5.74) is 5.67. The third-order valence-electron chi connectivity index (χ3n) is 1.71. The third kappa shape index (κ3) is 2.89. The predicted molar refractivity (Wildman–Crippen MR) is 45.7 cm³/mol. The zero-order valence-corrected chi connectivity index (χ0v) is 7.21. The van der Waals surface area contributed by atoms with E-state index in [0.717, 1.165) is 0 Å². The van der Waals surface area contributed by atoms with Crippen LogP contribution in [0.3, 0.4) is 0 Å². The summed E-state index contributed by atoms with van der Waals surface area (Å²) < 4.78 is 5.28. The molecule has 2 N–H and O–H groups in total. The van der Waals surface area contributed by atoms with Gasteiger partial charge in [-0.25, -0.2) is 0 Å². The maximum absolute atomic E-state index is 5.67. The second kappa shape index (κ2) is 3.72. The van der Waals surface area contributed by atoms with Crippen molar-refractivity contribution in [2.75, 3.05) is 6.61 Å². The van der Waals surface area contributed by atoms with Gasteiger partial charge < -0.3 is 10.5 Å². The molecule has 1 atom stereocenters. The van der Waals surface area contributed by atoms with E-state index in [1.54, 1.807) is 0 Å². The fourth-order valence-corrected chi connectivity index (χ4v) is 0.855. The molecule has 11 heavy (non-hydrogen) atoms. The first-order valence-electron chi connectivity index (χ1n) is 4.18. The summed E-state index contributed by atoms with van der Waals surface area (Å²) >= 11 is 0. The van der Waals surface area contributed by atoms with Crippen LogP contribution >= 0.6 is 0 Å². The molecule has 64 valence electrons. The Morgan fingerprint density at radius 2 is 2.36 bits per heavy atom. The van der Waals surface area contributed by atoms with Crippen molar-refractivity contribution < 1.29 is 4.74 Å². The molecular weight excluding hydrogens is 140 g/mol. The van der Waals surface area contributed by atoms with Crippen molar-refractivity contribution in [3.8, 4) is 0 Å². The van der Waals surface area contributed by atoms with Crippen molar-refractivity contribution in [2.45, 2.75) is 38.8 Å². The van der Waals surface area contributed by atoms with E-state index >= 15 is 0 Å². The average molecular weight is 156 g/mol. The number of ether oxygens (including phenoxy) is 1. The first-order chi connectivity index (χ1) is 5.24. The second-order valence-corrected chi connectivity index (χ2v) is 2.88. The predicted octanol–water partition coefficient (Wildman–Crippen LogP) is 0.931. The highest BCUT2D eigenvalue weighted by Crippen LogP contribution is 2.23. The molecule has 0 bridgehead atoms. The van der Waals surface area contributed by atoms with Crippen molar-refractivity contribution in [3.05, 3.63) is 0 Å². The summed E-state index contributed by atoms with van der Waals surface area (Å²) in [6, 6.07) is 0.498. The first-order valence-corrected chi connectivity index (χ1v) is 4.18. The van der Waals surface area contributed by atoms with Gasteiger partial charge in [0.15, 0.2) is 0 Å². The molecule has 3 heteroatoms. The Kier molecular flexibility index (Phi) is 2.88. The zero-order chi connectivity index (χ0) is 8.27. The molecule has 0 aliphatic heterocycles. The maximum Gasteiger partial charge on any atom is 0.123 e. The summed E-state index contributed by atoms with van der Waals surface area (Å²) in [6.07, 6.45) is 2.37. The lowest BCUT2D eigenvalue weighted by Gasteiger charge is -2.09. The van der Waals surface area contributed by atoms with E-state index in [2.05, 4.69) is 4.99 Å². The molecule has 0 spiro atoms. The molecule has 1 fully saturated rings. The van der Waals surface area contributed by atoms with Gasteiger partial charge in [-0.15, -0.1) is 0 Å². The van der Waals surface area contributed by atoms with E-state index in [9.17, 15) is 0 Å². The minimum absolute atomic E-state index is 0.0133. The molecule has 1 unspecified atom stereocenters. The molecule has 0 heterocycles. The molecule has 0 aromatic carbocycles. The Bertz CT molecular complexity index is 152.